The summed E-state index contributed by atoms with van der Waals surface area (Å²) in [5.74, 6) is 0.928. The van der Waals surface area contributed by atoms with E-state index in [1.54, 1.807) is 46.6 Å². The minimum absolute atomic E-state index is 0.0393. The zero-order chi connectivity index (χ0) is 25.4. The Morgan fingerprint density at radius 3 is 2.68 bits per heavy atom. The van der Waals surface area contributed by atoms with Gasteiger partial charge in [0.2, 0.25) is 12.7 Å². The Bertz CT molecular complexity index is 1330. The number of carbonyl (C=O) groups excluding carboxylic acids is 2. The monoisotopic (exact) mass is 521 g/mol. The quantitative estimate of drug-likeness (QED) is 0.521. The van der Waals surface area contributed by atoms with E-state index in [0.717, 1.165) is 24.1 Å². The Morgan fingerprint density at radius 1 is 0.946 bits per heavy atom. The van der Waals surface area contributed by atoms with Gasteiger partial charge in [-0.25, -0.2) is 4.39 Å². The highest BCUT2D eigenvalue weighted by molar-refractivity contribution is 7.10. The molecule has 1 aromatic heterocycles. The maximum absolute atomic E-state index is 14.1. The van der Waals surface area contributed by atoms with Gasteiger partial charge in [0.1, 0.15) is 5.82 Å². The predicted octanol–water partition coefficient (Wildman–Crippen LogP) is 3.94. The van der Waals surface area contributed by atoms with Crippen LogP contribution in [-0.2, 0) is 11.2 Å². The second kappa shape index (κ2) is 10.1. The van der Waals surface area contributed by atoms with Gasteiger partial charge in [-0.2, -0.15) is 0 Å². The molecular weight excluding hydrogens is 493 g/mol. The topological polar surface area (TPSA) is 62.3 Å². The molecule has 0 aliphatic carbocycles. The summed E-state index contributed by atoms with van der Waals surface area (Å²) in [5, 5.41) is 2.07. The Hall–Kier alpha value is -3.43. The van der Waals surface area contributed by atoms with Crippen LogP contribution in [0.5, 0.6) is 11.5 Å². The SMILES string of the molecule is O=C(CN1CCc2sccc2[C@H]1c1cccc(F)c1)N1CCCN(C(=O)c2ccc3c(c2)OCO3)CC1. The molecule has 0 N–H and O–H groups in total. The van der Waals surface area contributed by atoms with Crippen molar-refractivity contribution in [1.29, 1.82) is 0 Å². The molecule has 1 saturated heterocycles. The van der Waals surface area contributed by atoms with Gasteiger partial charge in [-0.1, -0.05) is 12.1 Å². The molecule has 4 heterocycles. The summed E-state index contributed by atoms with van der Waals surface area (Å²) in [6.07, 6.45) is 1.59. The molecular formula is C28H28FN3O4S. The lowest BCUT2D eigenvalue weighted by molar-refractivity contribution is -0.132. The second-order valence-electron chi connectivity index (χ2n) is 9.57. The summed E-state index contributed by atoms with van der Waals surface area (Å²) in [7, 11) is 0. The summed E-state index contributed by atoms with van der Waals surface area (Å²) in [4.78, 5) is 33.7. The Labute approximate surface area is 219 Å². The third kappa shape index (κ3) is 4.81. The molecule has 2 aromatic carbocycles. The molecule has 0 radical (unpaired) electrons. The first kappa shape index (κ1) is 23.9. The number of carbonyl (C=O) groups is 2. The van der Waals surface area contributed by atoms with Gasteiger partial charge < -0.3 is 19.3 Å². The molecule has 7 nitrogen and oxygen atoms in total. The minimum atomic E-state index is -0.272. The van der Waals surface area contributed by atoms with Crippen LogP contribution in [0.25, 0.3) is 0 Å². The van der Waals surface area contributed by atoms with Crippen molar-refractivity contribution in [3.8, 4) is 11.5 Å². The van der Waals surface area contributed by atoms with Crippen molar-refractivity contribution in [1.82, 2.24) is 14.7 Å². The highest BCUT2D eigenvalue weighted by Gasteiger charge is 2.33. The summed E-state index contributed by atoms with van der Waals surface area (Å²) in [5.41, 5.74) is 2.58. The average Bonchev–Trinajstić information content (AvgIpc) is 3.51. The Kier molecular flexibility index (Phi) is 6.56. The zero-order valence-corrected chi connectivity index (χ0v) is 21.2. The molecule has 9 heteroatoms. The number of halogens is 1. The maximum Gasteiger partial charge on any atom is 0.254 e. The fourth-order valence-corrected chi connectivity index (χ4v) is 6.37. The number of ether oxygens (including phenoxy) is 2. The lowest BCUT2D eigenvalue weighted by Crippen LogP contribution is -2.45. The second-order valence-corrected chi connectivity index (χ2v) is 10.6. The maximum atomic E-state index is 14.1. The van der Waals surface area contributed by atoms with E-state index in [2.05, 4.69) is 16.3 Å². The van der Waals surface area contributed by atoms with Crippen LogP contribution in [-0.4, -0.2) is 72.6 Å². The lowest BCUT2D eigenvalue weighted by atomic mass is 9.93. The minimum Gasteiger partial charge on any atom is -0.454 e. The highest BCUT2D eigenvalue weighted by atomic mass is 32.1. The van der Waals surface area contributed by atoms with Crippen molar-refractivity contribution in [2.75, 3.05) is 46.1 Å². The van der Waals surface area contributed by atoms with Crippen LogP contribution in [0, 0.1) is 5.82 Å². The van der Waals surface area contributed by atoms with Crippen LogP contribution in [0.1, 0.15) is 38.8 Å². The molecule has 1 atom stereocenters. The molecule has 37 heavy (non-hydrogen) atoms. The van der Waals surface area contributed by atoms with Crippen molar-refractivity contribution in [2.24, 2.45) is 0 Å². The Balaban J connectivity index is 1.13. The number of hydrogen-bond donors (Lipinski definition) is 0. The van der Waals surface area contributed by atoms with Crippen molar-refractivity contribution in [3.05, 3.63) is 81.3 Å². The van der Waals surface area contributed by atoms with Crippen LogP contribution in [0.4, 0.5) is 4.39 Å². The number of amides is 2. The molecule has 0 bridgehead atoms. The summed E-state index contributed by atoms with van der Waals surface area (Å²) < 4.78 is 24.9. The number of fused-ring (bicyclic) bond motifs is 2. The van der Waals surface area contributed by atoms with E-state index in [0.29, 0.717) is 49.7 Å². The highest BCUT2D eigenvalue weighted by Crippen LogP contribution is 2.38. The predicted molar refractivity (Wildman–Crippen MR) is 138 cm³/mol. The van der Waals surface area contributed by atoms with E-state index < -0.39 is 0 Å². The van der Waals surface area contributed by atoms with Crippen LogP contribution < -0.4 is 9.47 Å². The molecule has 1 fully saturated rings. The molecule has 0 saturated carbocycles. The third-order valence-electron chi connectivity index (χ3n) is 7.32. The molecule has 3 aliphatic heterocycles. The molecule has 3 aliphatic rings. The number of hydrogen-bond acceptors (Lipinski definition) is 6. The fourth-order valence-electron chi connectivity index (χ4n) is 5.46. The van der Waals surface area contributed by atoms with E-state index in [9.17, 15) is 14.0 Å². The summed E-state index contributed by atoms with van der Waals surface area (Å²) in [6.45, 7) is 3.31. The standard InChI is InChI=1S/C28H28FN3O4S/c29-21-4-1-3-19(15-21)27-22-8-14-37-25(22)7-11-32(27)17-26(33)30-9-2-10-31(13-12-30)28(34)20-5-6-23-24(16-20)36-18-35-23/h1,3-6,8,14-16,27H,2,7,9-13,17-18H2/t27-/m1/s1. The van der Waals surface area contributed by atoms with Crippen LogP contribution in [0.3, 0.4) is 0 Å². The van der Waals surface area contributed by atoms with Crippen LogP contribution in [0.15, 0.2) is 53.9 Å². The average molecular weight is 522 g/mol. The summed E-state index contributed by atoms with van der Waals surface area (Å²) >= 11 is 1.72. The van der Waals surface area contributed by atoms with E-state index in [4.69, 9.17) is 9.47 Å². The Morgan fingerprint density at radius 2 is 1.78 bits per heavy atom. The molecule has 192 valence electrons. The van der Waals surface area contributed by atoms with Gasteiger partial charge in [0.25, 0.3) is 5.91 Å². The first-order chi connectivity index (χ1) is 18.1. The van der Waals surface area contributed by atoms with E-state index in [1.807, 2.05) is 11.0 Å². The van der Waals surface area contributed by atoms with Gasteiger partial charge in [-0.05, 0) is 65.7 Å². The number of benzene rings is 2. The molecule has 0 unspecified atom stereocenters. The van der Waals surface area contributed by atoms with Crippen molar-refractivity contribution < 1.29 is 23.5 Å². The normalized spacial score (nSPS) is 19.4. The van der Waals surface area contributed by atoms with Crippen molar-refractivity contribution in [3.63, 3.8) is 0 Å². The van der Waals surface area contributed by atoms with Crippen molar-refractivity contribution >= 4 is 23.2 Å². The van der Waals surface area contributed by atoms with Crippen LogP contribution >= 0.6 is 11.3 Å². The molecule has 2 amide bonds. The van der Waals surface area contributed by atoms with Crippen molar-refractivity contribution in [2.45, 2.75) is 18.9 Å². The largest absolute Gasteiger partial charge is 0.454 e. The van der Waals surface area contributed by atoms with Gasteiger partial charge in [0.15, 0.2) is 11.5 Å². The number of rotatable bonds is 4. The lowest BCUT2D eigenvalue weighted by Gasteiger charge is -2.37. The fraction of sp³-hybridized carbons (Fsp3) is 0.357. The van der Waals surface area contributed by atoms with E-state index in [1.165, 1.54) is 10.9 Å². The first-order valence-electron chi connectivity index (χ1n) is 12.6. The number of thiophene rings is 1. The summed E-state index contributed by atoms with van der Waals surface area (Å²) in [6, 6.07) is 13.9. The van der Waals surface area contributed by atoms with Gasteiger partial charge >= 0.3 is 0 Å². The zero-order valence-electron chi connectivity index (χ0n) is 20.4. The van der Waals surface area contributed by atoms with Gasteiger partial charge in [-0.3, -0.25) is 14.5 Å². The van der Waals surface area contributed by atoms with Crippen LogP contribution in [0.2, 0.25) is 0 Å². The molecule has 6 rings (SSSR count). The molecule has 3 aromatic rings. The molecule has 0 spiro atoms. The smallest absolute Gasteiger partial charge is 0.254 e. The van der Waals surface area contributed by atoms with Gasteiger partial charge in [0.05, 0.1) is 12.6 Å². The third-order valence-corrected chi connectivity index (χ3v) is 8.32. The van der Waals surface area contributed by atoms with Gasteiger partial charge in [-0.15, -0.1) is 11.3 Å². The van der Waals surface area contributed by atoms with E-state index in [-0.39, 0.29) is 37.0 Å². The van der Waals surface area contributed by atoms with Gasteiger partial charge in [0, 0.05) is 43.2 Å². The first-order valence-corrected chi connectivity index (χ1v) is 13.5. The van der Waals surface area contributed by atoms with E-state index >= 15 is 0 Å². The number of nitrogens with zero attached hydrogens (tertiary/aromatic N) is 3.